The predicted octanol–water partition coefficient (Wildman–Crippen LogP) is 0.696. The summed E-state index contributed by atoms with van der Waals surface area (Å²) in [6.45, 7) is 2.42. The zero-order valence-corrected chi connectivity index (χ0v) is 12.2. The van der Waals surface area contributed by atoms with Gasteiger partial charge in [-0.25, -0.2) is 9.97 Å². The first kappa shape index (κ1) is 13.7. The number of aliphatic hydroxyl groups excluding tert-OH is 1. The van der Waals surface area contributed by atoms with Crippen LogP contribution in [0.25, 0.3) is 11.0 Å². The largest absolute Gasteiger partial charge is 0.391 e. The van der Waals surface area contributed by atoms with Crippen molar-refractivity contribution in [2.75, 3.05) is 30.8 Å². The maximum atomic E-state index is 10.1. The van der Waals surface area contributed by atoms with E-state index >= 15 is 0 Å². The van der Waals surface area contributed by atoms with Crippen molar-refractivity contribution in [3.05, 3.63) is 18.1 Å². The van der Waals surface area contributed by atoms with Crippen LogP contribution in [0.5, 0.6) is 0 Å². The molecule has 3 heterocycles. The third-order valence-electron chi connectivity index (χ3n) is 3.83. The second-order valence-electron chi connectivity index (χ2n) is 5.27. The SMILES string of the molecule is CSC[C@H]1CN(Cc2c[nH]c3c(N)ncnc23)C[C@H]1O. The van der Waals surface area contributed by atoms with Crippen molar-refractivity contribution < 1.29 is 5.11 Å². The summed E-state index contributed by atoms with van der Waals surface area (Å²) in [6.07, 6.45) is 5.27. The summed E-state index contributed by atoms with van der Waals surface area (Å²) in [4.78, 5) is 13.7. The number of nitrogens with zero attached hydrogens (tertiary/aromatic N) is 3. The Morgan fingerprint density at radius 2 is 2.35 bits per heavy atom. The second kappa shape index (κ2) is 5.59. The minimum atomic E-state index is -0.229. The van der Waals surface area contributed by atoms with Crippen molar-refractivity contribution in [3.8, 4) is 0 Å². The number of nitrogens with two attached hydrogens (primary N) is 1. The van der Waals surface area contributed by atoms with Crippen LogP contribution in [-0.4, -0.2) is 56.2 Å². The molecule has 0 spiro atoms. The van der Waals surface area contributed by atoms with Gasteiger partial charge in [-0.1, -0.05) is 0 Å². The number of nitrogen functional groups attached to an aromatic ring is 1. The van der Waals surface area contributed by atoms with E-state index in [9.17, 15) is 5.11 Å². The number of aromatic nitrogens is 3. The fourth-order valence-electron chi connectivity index (χ4n) is 2.82. The van der Waals surface area contributed by atoms with Crippen LogP contribution in [0.4, 0.5) is 5.82 Å². The molecule has 1 fully saturated rings. The number of hydrogen-bond acceptors (Lipinski definition) is 6. The number of rotatable bonds is 4. The molecule has 1 aliphatic heterocycles. The molecule has 2 atom stereocenters. The molecule has 1 aliphatic rings. The Labute approximate surface area is 121 Å². The summed E-state index contributed by atoms with van der Waals surface area (Å²) in [5.41, 5.74) is 8.60. The monoisotopic (exact) mass is 293 g/mol. The first-order chi connectivity index (χ1) is 9.69. The lowest BCUT2D eigenvalue weighted by atomic mass is 10.1. The Balaban J connectivity index is 1.76. The third-order valence-corrected chi connectivity index (χ3v) is 4.59. The van der Waals surface area contributed by atoms with Gasteiger partial charge in [-0.15, -0.1) is 0 Å². The van der Waals surface area contributed by atoms with Crippen molar-refractivity contribution in [3.63, 3.8) is 0 Å². The Morgan fingerprint density at radius 3 is 3.15 bits per heavy atom. The van der Waals surface area contributed by atoms with Crippen molar-refractivity contribution in [2.24, 2.45) is 5.92 Å². The van der Waals surface area contributed by atoms with E-state index in [1.165, 1.54) is 6.33 Å². The van der Waals surface area contributed by atoms with Crippen LogP contribution in [0.15, 0.2) is 12.5 Å². The lowest BCUT2D eigenvalue weighted by molar-refractivity contribution is 0.149. The lowest BCUT2D eigenvalue weighted by Gasteiger charge is -2.14. The third kappa shape index (κ3) is 2.48. The number of anilines is 1. The minimum absolute atomic E-state index is 0.229. The molecular formula is C13H19N5OS. The zero-order valence-electron chi connectivity index (χ0n) is 11.4. The molecule has 0 radical (unpaired) electrons. The molecule has 0 unspecified atom stereocenters. The number of thioether (sulfide) groups is 1. The first-order valence-corrected chi connectivity index (χ1v) is 8.04. The van der Waals surface area contributed by atoms with Crippen LogP contribution in [0.1, 0.15) is 5.56 Å². The number of aromatic amines is 1. The standard InChI is InChI=1S/C13H19N5OS/c1-20-6-9-4-18(5-10(9)19)3-8-2-15-12-11(8)16-7-17-13(12)14/h2,7,9-10,15,19H,3-6H2,1H3,(H2,14,16,17)/t9-,10-/m1/s1. The minimum Gasteiger partial charge on any atom is -0.391 e. The van der Waals surface area contributed by atoms with Gasteiger partial charge in [-0.2, -0.15) is 11.8 Å². The van der Waals surface area contributed by atoms with E-state index in [1.807, 2.05) is 6.20 Å². The number of likely N-dealkylation sites (tertiary alicyclic amines) is 1. The van der Waals surface area contributed by atoms with Crippen LogP contribution in [0, 0.1) is 5.92 Å². The summed E-state index contributed by atoms with van der Waals surface area (Å²) in [6, 6.07) is 0. The highest BCUT2D eigenvalue weighted by Gasteiger charge is 2.31. The molecule has 108 valence electrons. The molecule has 20 heavy (non-hydrogen) atoms. The Bertz CT molecular complexity index is 601. The summed E-state index contributed by atoms with van der Waals surface area (Å²) < 4.78 is 0. The number of aliphatic hydroxyl groups is 1. The Hall–Kier alpha value is -1.31. The van der Waals surface area contributed by atoms with Gasteiger partial charge in [0.1, 0.15) is 11.8 Å². The van der Waals surface area contributed by atoms with Gasteiger partial charge in [0.15, 0.2) is 5.82 Å². The molecule has 7 heteroatoms. The molecule has 0 bridgehead atoms. The molecule has 2 aromatic heterocycles. The van der Waals surface area contributed by atoms with Gasteiger partial charge >= 0.3 is 0 Å². The maximum Gasteiger partial charge on any atom is 0.151 e. The molecule has 0 saturated carbocycles. The van der Waals surface area contributed by atoms with Gasteiger partial charge in [0.2, 0.25) is 0 Å². The first-order valence-electron chi connectivity index (χ1n) is 6.65. The van der Waals surface area contributed by atoms with Crippen LogP contribution >= 0.6 is 11.8 Å². The van der Waals surface area contributed by atoms with Crippen molar-refractivity contribution in [1.29, 1.82) is 0 Å². The van der Waals surface area contributed by atoms with Crippen LogP contribution < -0.4 is 5.73 Å². The van der Waals surface area contributed by atoms with Crippen molar-refractivity contribution >= 4 is 28.6 Å². The summed E-state index contributed by atoms with van der Waals surface area (Å²) >= 11 is 1.79. The van der Waals surface area contributed by atoms with Gasteiger partial charge < -0.3 is 15.8 Å². The average molecular weight is 293 g/mol. The van der Waals surface area contributed by atoms with E-state index in [0.29, 0.717) is 11.7 Å². The molecule has 0 amide bonds. The Morgan fingerprint density at radius 1 is 1.50 bits per heavy atom. The predicted molar refractivity (Wildman–Crippen MR) is 81.5 cm³/mol. The van der Waals surface area contributed by atoms with E-state index in [-0.39, 0.29) is 6.10 Å². The van der Waals surface area contributed by atoms with Crippen molar-refractivity contribution in [1.82, 2.24) is 19.9 Å². The number of nitrogens with one attached hydrogen (secondary N) is 1. The van der Waals surface area contributed by atoms with Gasteiger partial charge in [-0.05, 0) is 12.0 Å². The highest BCUT2D eigenvalue weighted by molar-refractivity contribution is 7.98. The molecule has 0 aromatic carbocycles. The maximum absolute atomic E-state index is 10.1. The summed E-state index contributed by atoms with van der Waals surface area (Å²) in [5, 5.41) is 10.1. The normalized spacial score (nSPS) is 23.7. The van der Waals surface area contributed by atoms with E-state index in [1.54, 1.807) is 11.8 Å². The molecule has 1 saturated heterocycles. The second-order valence-corrected chi connectivity index (χ2v) is 6.18. The zero-order chi connectivity index (χ0) is 14.1. The van der Waals surface area contributed by atoms with E-state index < -0.39 is 0 Å². The highest BCUT2D eigenvalue weighted by Crippen LogP contribution is 2.25. The quantitative estimate of drug-likeness (QED) is 0.768. The fourth-order valence-corrected chi connectivity index (χ4v) is 3.58. The van der Waals surface area contributed by atoms with Gasteiger partial charge in [0.05, 0.1) is 11.6 Å². The average Bonchev–Trinajstić information content (AvgIpc) is 2.97. The van der Waals surface area contributed by atoms with Crippen LogP contribution in [0.3, 0.4) is 0 Å². The molecule has 4 N–H and O–H groups in total. The topological polar surface area (TPSA) is 91.1 Å². The van der Waals surface area contributed by atoms with Crippen LogP contribution in [-0.2, 0) is 6.54 Å². The highest BCUT2D eigenvalue weighted by atomic mass is 32.2. The molecule has 3 rings (SSSR count). The van der Waals surface area contributed by atoms with Gasteiger partial charge in [-0.3, -0.25) is 4.90 Å². The van der Waals surface area contributed by atoms with E-state index in [2.05, 4.69) is 26.1 Å². The van der Waals surface area contributed by atoms with E-state index in [0.717, 1.165) is 42.0 Å². The summed E-state index contributed by atoms with van der Waals surface area (Å²) in [7, 11) is 0. The fraction of sp³-hybridized carbons (Fsp3) is 0.538. The molecule has 0 aliphatic carbocycles. The smallest absolute Gasteiger partial charge is 0.151 e. The molecule has 2 aromatic rings. The Kier molecular flexibility index (Phi) is 3.82. The van der Waals surface area contributed by atoms with Crippen LogP contribution in [0.2, 0.25) is 0 Å². The van der Waals surface area contributed by atoms with Gasteiger partial charge in [0, 0.05) is 37.3 Å². The van der Waals surface area contributed by atoms with E-state index in [4.69, 9.17) is 5.73 Å². The van der Waals surface area contributed by atoms with Gasteiger partial charge in [0.25, 0.3) is 0 Å². The summed E-state index contributed by atoms with van der Waals surface area (Å²) in [5.74, 6) is 1.83. The number of fused-ring (bicyclic) bond motifs is 1. The number of hydrogen-bond donors (Lipinski definition) is 3. The molecular weight excluding hydrogens is 274 g/mol. The molecule has 6 nitrogen and oxygen atoms in total. The van der Waals surface area contributed by atoms with Crippen molar-refractivity contribution in [2.45, 2.75) is 12.6 Å². The lowest BCUT2D eigenvalue weighted by Crippen LogP contribution is -2.21. The number of H-pyrrole nitrogens is 1. The number of β-amino-alcohol motifs (C(OH)–C–C–N with tert-alkyl or cyclic N) is 1.